The number of nitrogens with one attached hydrogen (secondary N) is 1. The van der Waals surface area contributed by atoms with Gasteiger partial charge >= 0.3 is 11.8 Å². The van der Waals surface area contributed by atoms with Crippen LogP contribution in [0.5, 0.6) is 0 Å². The van der Waals surface area contributed by atoms with Gasteiger partial charge in [-0.2, -0.15) is 0 Å². The monoisotopic (exact) mass is 436 g/mol. The standard InChI is InChI=1S/C24H28N4O4/c1-15-3-8-20(16-4-6-18(7-5-16)24(32)9-2-10-24)28(14-15)23(31)22(30)27-19-11-17(21(25)29)12-26-13-19/h4-7,11-13,15,20,32H,2-3,8-10,14H2,1H3,(H2,25,29)(H,27,30)/t15-,20+/m0/s1. The number of nitrogens with zero attached hydrogens (tertiary/aromatic N) is 2. The first kappa shape index (κ1) is 22.0. The Balaban J connectivity index is 1.51. The van der Waals surface area contributed by atoms with Gasteiger partial charge in [0.15, 0.2) is 0 Å². The van der Waals surface area contributed by atoms with Gasteiger partial charge in [-0.15, -0.1) is 0 Å². The molecule has 0 unspecified atom stereocenters. The number of hydrogen-bond donors (Lipinski definition) is 3. The van der Waals surface area contributed by atoms with Gasteiger partial charge in [-0.3, -0.25) is 19.4 Å². The molecule has 1 aliphatic heterocycles. The van der Waals surface area contributed by atoms with Crippen molar-refractivity contribution in [1.82, 2.24) is 9.88 Å². The van der Waals surface area contributed by atoms with Crippen molar-refractivity contribution in [2.45, 2.75) is 50.7 Å². The molecule has 3 amide bonds. The van der Waals surface area contributed by atoms with E-state index in [2.05, 4.69) is 17.2 Å². The number of carbonyl (C=O) groups excluding carboxylic acids is 3. The summed E-state index contributed by atoms with van der Waals surface area (Å²) < 4.78 is 0. The second kappa shape index (κ2) is 8.70. The van der Waals surface area contributed by atoms with E-state index in [0.717, 1.165) is 43.2 Å². The molecular formula is C24H28N4O4. The second-order valence-corrected chi connectivity index (χ2v) is 8.94. The molecule has 1 aromatic heterocycles. The number of rotatable bonds is 4. The van der Waals surface area contributed by atoms with Crippen LogP contribution in [0.3, 0.4) is 0 Å². The Bertz CT molecular complexity index is 1030. The third-order valence-electron chi connectivity index (χ3n) is 6.57. The summed E-state index contributed by atoms with van der Waals surface area (Å²) in [6.45, 7) is 2.53. The van der Waals surface area contributed by atoms with Gasteiger partial charge in [0.05, 0.1) is 29.1 Å². The highest BCUT2D eigenvalue weighted by Crippen LogP contribution is 2.42. The van der Waals surface area contributed by atoms with E-state index in [1.165, 1.54) is 18.5 Å². The molecule has 2 atom stereocenters. The van der Waals surface area contributed by atoms with Gasteiger partial charge < -0.3 is 21.1 Å². The van der Waals surface area contributed by atoms with Crippen LogP contribution in [-0.2, 0) is 15.2 Å². The van der Waals surface area contributed by atoms with Crippen molar-refractivity contribution in [2.24, 2.45) is 11.7 Å². The highest BCUT2D eigenvalue weighted by molar-refractivity contribution is 6.39. The number of aliphatic hydroxyl groups is 1. The number of carbonyl (C=O) groups is 3. The largest absolute Gasteiger partial charge is 0.385 e. The minimum Gasteiger partial charge on any atom is -0.385 e. The molecule has 2 aromatic rings. The Morgan fingerprint density at radius 1 is 1.16 bits per heavy atom. The highest BCUT2D eigenvalue weighted by atomic mass is 16.3. The molecule has 2 fully saturated rings. The predicted molar refractivity (Wildman–Crippen MR) is 118 cm³/mol. The third kappa shape index (κ3) is 4.36. The molecular weight excluding hydrogens is 408 g/mol. The Kier molecular flexibility index (Phi) is 5.97. The molecule has 0 spiro atoms. The molecule has 8 heteroatoms. The molecule has 2 heterocycles. The summed E-state index contributed by atoms with van der Waals surface area (Å²) in [7, 11) is 0. The number of piperidine rings is 1. The fourth-order valence-corrected chi connectivity index (χ4v) is 4.50. The number of likely N-dealkylation sites (tertiary alicyclic amines) is 1. The molecule has 2 aliphatic rings. The molecule has 8 nitrogen and oxygen atoms in total. The Morgan fingerprint density at radius 2 is 1.88 bits per heavy atom. The molecule has 32 heavy (non-hydrogen) atoms. The topological polar surface area (TPSA) is 126 Å². The zero-order chi connectivity index (χ0) is 22.9. The molecule has 1 aromatic carbocycles. The lowest BCUT2D eigenvalue weighted by atomic mass is 9.75. The Hall–Kier alpha value is -3.26. The Labute approximate surface area is 186 Å². The number of nitrogens with two attached hydrogens (primary N) is 1. The maximum absolute atomic E-state index is 13.1. The predicted octanol–water partition coefficient (Wildman–Crippen LogP) is 2.49. The van der Waals surface area contributed by atoms with Crippen molar-refractivity contribution in [1.29, 1.82) is 0 Å². The second-order valence-electron chi connectivity index (χ2n) is 8.94. The number of primary amides is 1. The molecule has 1 saturated carbocycles. The lowest BCUT2D eigenvalue weighted by Gasteiger charge is -2.39. The maximum atomic E-state index is 13.1. The van der Waals surface area contributed by atoms with Crippen molar-refractivity contribution in [3.05, 3.63) is 59.4 Å². The quantitative estimate of drug-likeness (QED) is 0.635. The number of aromatic nitrogens is 1. The SMILES string of the molecule is C[C@H]1CC[C@H](c2ccc(C3(O)CCC3)cc2)N(C(=O)C(=O)Nc2cncc(C(N)=O)c2)C1. The van der Waals surface area contributed by atoms with Crippen LogP contribution in [-0.4, -0.2) is 39.3 Å². The van der Waals surface area contributed by atoms with E-state index in [4.69, 9.17) is 5.73 Å². The summed E-state index contributed by atoms with van der Waals surface area (Å²) in [5.74, 6) is -1.81. The van der Waals surface area contributed by atoms with Crippen LogP contribution in [0.25, 0.3) is 0 Å². The number of anilines is 1. The van der Waals surface area contributed by atoms with Gasteiger partial charge in [-0.05, 0) is 55.2 Å². The van der Waals surface area contributed by atoms with Gasteiger partial charge in [0.25, 0.3) is 0 Å². The minimum absolute atomic E-state index is 0.146. The first-order valence-corrected chi connectivity index (χ1v) is 11.0. The molecule has 1 saturated heterocycles. The van der Waals surface area contributed by atoms with Gasteiger partial charge in [-0.1, -0.05) is 31.2 Å². The number of benzene rings is 1. The molecule has 0 radical (unpaired) electrons. The van der Waals surface area contributed by atoms with Gasteiger partial charge in [-0.25, -0.2) is 0 Å². The van der Waals surface area contributed by atoms with Crippen LogP contribution in [0, 0.1) is 5.92 Å². The van der Waals surface area contributed by atoms with E-state index >= 15 is 0 Å². The van der Waals surface area contributed by atoms with Crippen LogP contribution in [0.4, 0.5) is 5.69 Å². The maximum Gasteiger partial charge on any atom is 0.313 e. The summed E-state index contributed by atoms with van der Waals surface area (Å²) in [6.07, 6.45) is 6.92. The minimum atomic E-state index is -0.784. The van der Waals surface area contributed by atoms with E-state index in [1.807, 2.05) is 24.3 Å². The summed E-state index contributed by atoms with van der Waals surface area (Å²) in [5.41, 5.74) is 6.75. The van der Waals surface area contributed by atoms with E-state index in [-0.39, 0.29) is 23.2 Å². The van der Waals surface area contributed by atoms with Crippen LogP contribution in [0.1, 0.15) is 66.6 Å². The van der Waals surface area contributed by atoms with Crippen molar-refractivity contribution in [3.8, 4) is 0 Å². The lowest BCUT2D eigenvalue weighted by molar-refractivity contribution is -0.146. The van der Waals surface area contributed by atoms with E-state index < -0.39 is 23.3 Å². The fourth-order valence-electron chi connectivity index (χ4n) is 4.50. The smallest absolute Gasteiger partial charge is 0.313 e. The van der Waals surface area contributed by atoms with Gasteiger partial charge in [0.1, 0.15) is 0 Å². The van der Waals surface area contributed by atoms with E-state index in [1.54, 1.807) is 4.90 Å². The zero-order valence-corrected chi connectivity index (χ0v) is 18.1. The summed E-state index contributed by atoms with van der Waals surface area (Å²) >= 11 is 0. The van der Waals surface area contributed by atoms with E-state index in [0.29, 0.717) is 6.54 Å². The van der Waals surface area contributed by atoms with Gasteiger partial charge in [0.2, 0.25) is 5.91 Å². The van der Waals surface area contributed by atoms with Crippen LogP contribution >= 0.6 is 0 Å². The van der Waals surface area contributed by atoms with E-state index in [9.17, 15) is 19.5 Å². The summed E-state index contributed by atoms with van der Waals surface area (Å²) in [4.78, 5) is 42.7. The molecule has 4 N–H and O–H groups in total. The number of hydrogen-bond acceptors (Lipinski definition) is 5. The molecule has 168 valence electrons. The molecule has 0 bridgehead atoms. The van der Waals surface area contributed by atoms with Crippen molar-refractivity contribution >= 4 is 23.4 Å². The number of pyridine rings is 1. The average Bonchev–Trinajstić information content (AvgIpc) is 2.77. The fraction of sp³-hybridized carbons (Fsp3) is 0.417. The van der Waals surface area contributed by atoms with Crippen LogP contribution in [0.15, 0.2) is 42.7 Å². The molecule has 1 aliphatic carbocycles. The molecule has 4 rings (SSSR count). The first-order valence-electron chi connectivity index (χ1n) is 11.0. The average molecular weight is 437 g/mol. The summed E-state index contributed by atoms with van der Waals surface area (Å²) in [6, 6.07) is 8.92. The van der Waals surface area contributed by atoms with Crippen LogP contribution in [0.2, 0.25) is 0 Å². The highest BCUT2D eigenvalue weighted by Gasteiger charge is 2.37. The Morgan fingerprint density at radius 3 is 2.50 bits per heavy atom. The van der Waals surface area contributed by atoms with Gasteiger partial charge in [0, 0.05) is 12.7 Å². The third-order valence-corrected chi connectivity index (χ3v) is 6.57. The normalized spacial score (nSPS) is 22.0. The lowest BCUT2D eigenvalue weighted by Crippen LogP contribution is -2.46. The van der Waals surface area contributed by atoms with Crippen molar-refractivity contribution < 1.29 is 19.5 Å². The first-order chi connectivity index (χ1) is 15.3. The van der Waals surface area contributed by atoms with Crippen molar-refractivity contribution in [2.75, 3.05) is 11.9 Å². The zero-order valence-electron chi connectivity index (χ0n) is 18.1. The summed E-state index contributed by atoms with van der Waals surface area (Å²) in [5, 5.41) is 13.1. The van der Waals surface area contributed by atoms with Crippen molar-refractivity contribution in [3.63, 3.8) is 0 Å². The number of amides is 3. The van der Waals surface area contributed by atoms with Crippen LogP contribution < -0.4 is 11.1 Å².